The van der Waals surface area contributed by atoms with E-state index in [1.54, 1.807) is 0 Å². The van der Waals surface area contributed by atoms with Crippen LogP contribution in [0.3, 0.4) is 0 Å². The van der Waals surface area contributed by atoms with Crippen molar-refractivity contribution >= 4 is 11.7 Å². The maximum absolute atomic E-state index is 11.3. The minimum absolute atomic E-state index is 0.127. The summed E-state index contributed by atoms with van der Waals surface area (Å²) in [6.07, 6.45) is 10.6. The van der Waals surface area contributed by atoms with Crippen LogP contribution in [0.4, 0.5) is 0 Å². The first-order valence-electron chi connectivity index (χ1n) is 10.3. The maximum atomic E-state index is 11.3. The van der Waals surface area contributed by atoms with Crippen molar-refractivity contribution in [3.8, 4) is 0 Å². The minimum atomic E-state index is -0.127. The SMILES string of the molecule is CC(=O)O[C@@H]1CC[C@@]2(C)[C@@H](CC[C@H]3[C@H]2CC[C@]2(C)/C(=N/O)CC[C@@H]32)C1. The number of ether oxygens (including phenoxy) is 1. The van der Waals surface area contributed by atoms with Gasteiger partial charge in [-0.15, -0.1) is 0 Å². The molecular formula is C21H33NO3. The number of carbonyl (C=O) groups is 1. The van der Waals surface area contributed by atoms with Gasteiger partial charge in [0, 0.05) is 12.3 Å². The molecule has 4 aliphatic rings. The fourth-order valence-corrected chi connectivity index (χ4v) is 7.51. The van der Waals surface area contributed by atoms with Crippen LogP contribution >= 0.6 is 0 Å². The van der Waals surface area contributed by atoms with E-state index >= 15 is 0 Å². The molecule has 25 heavy (non-hydrogen) atoms. The number of hydrogen-bond acceptors (Lipinski definition) is 4. The summed E-state index contributed by atoms with van der Waals surface area (Å²) in [6, 6.07) is 0. The highest BCUT2D eigenvalue weighted by molar-refractivity contribution is 5.91. The van der Waals surface area contributed by atoms with Gasteiger partial charge in [0.2, 0.25) is 0 Å². The van der Waals surface area contributed by atoms with E-state index in [9.17, 15) is 10.0 Å². The van der Waals surface area contributed by atoms with Crippen molar-refractivity contribution < 1.29 is 14.7 Å². The average molecular weight is 347 g/mol. The molecule has 4 saturated carbocycles. The largest absolute Gasteiger partial charge is 0.463 e. The second kappa shape index (κ2) is 5.99. The molecule has 4 aliphatic carbocycles. The Hall–Kier alpha value is -1.06. The Kier molecular flexibility index (Phi) is 4.16. The maximum Gasteiger partial charge on any atom is 0.302 e. The van der Waals surface area contributed by atoms with Gasteiger partial charge in [0.15, 0.2) is 0 Å². The van der Waals surface area contributed by atoms with Crippen LogP contribution in [0, 0.1) is 34.5 Å². The lowest BCUT2D eigenvalue weighted by Gasteiger charge is -2.60. The normalized spacial score (nSPS) is 50.7. The van der Waals surface area contributed by atoms with E-state index < -0.39 is 0 Å². The highest BCUT2D eigenvalue weighted by atomic mass is 16.5. The predicted molar refractivity (Wildman–Crippen MR) is 96.5 cm³/mol. The van der Waals surface area contributed by atoms with Crippen LogP contribution in [0.5, 0.6) is 0 Å². The summed E-state index contributed by atoms with van der Waals surface area (Å²) >= 11 is 0. The van der Waals surface area contributed by atoms with E-state index in [1.807, 2.05) is 0 Å². The molecule has 0 aliphatic heterocycles. The summed E-state index contributed by atoms with van der Waals surface area (Å²) in [5.41, 5.74) is 1.59. The molecule has 4 fully saturated rings. The van der Waals surface area contributed by atoms with E-state index in [0.29, 0.717) is 17.3 Å². The lowest BCUT2D eigenvalue weighted by Crippen LogP contribution is -2.54. The molecule has 0 spiro atoms. The third-order valence-electron chi connectivity index (χ3n) is 8.81. The molecule has 4 nitrogen and oxygen atoms in total. The van der Waals surface area contributed by atoms with Crippen LogP contribution in [0.1, 0.15) is 78.6 Å². The van der Waals surface area contributed by atoms with Gasteiger partial charge < -0.3 is 9.94 Å². The van der Waals surface area contributed by atoms with Gasteiger partial charge >= 0.3 is 5.97 Å². The fourth-order valence-electron chi connectivity index (χ4n) is 7.51. The molecular weight excluding hydrogens is 314 g/mol. The van der Waals surface area contributed by atoms with Crippen molar-refractivity contribution in [3.05, 3.63) is 0 Å². The molecule has 0 aromatic heterocycles. The minimum Gasteiger partial charge on any atom is -0.463 e. The van der Waals surface area contributed by atoms with E-state index in [-0.39, 0.29) is 17.5 Å². The van der Waals surface area contributed by atoms with Crippen molar-refractivity contribution in [1.29, 1.82) is 0 Å². The molecule has 7 atom stereocenters. The number of oxime groups is 1. The first kappa shape index (κ1) is 17.4. The van der Waals surface area contributed by atoms with Gasteiger partial charge in [-0.2, -0.15) is 0 Å². The monoisotopic (exact) mass is 347 g/mol. The van der Waals surface area contributed by atoms with Crippen molar-refractivity contribution in [2.75, 3.05) is 0 Å². The van der Waals surface area contributed by atoms with Crippen LogP contribution in [0.15, 0.2) is 5.16 Å². The van der Waals surface area contributed by atoms with E-state index in [1.165, 1.54) is 45.4 Å². The molecule has 0 bridgehead atoms. The molecule has 0 heterocycles. The topological polar surface area (TPSA) is 58.9 Å². The van der Waals surface area contributed by atoms with Gasteiger partial charge in [-0.25, -0.2) is 0 Å². The summed E-state index contributed by atoms with van der Waals surface area (Å²) in [5, 5.41) is 13.1. The van der Waals surface area contributed by atoms with Gasteiger partial charge in [-0.05, 0) is 86.9 Å². The summed E-state index contributed by atoms with van der Waals surface area (Å²) < 4.78 is 5.55. The fraction of sp³-hybridized carbons (Fsp3) is 0.905. The average Bonchev–Trinajstić information content (AvgIpc) is 2.91. The van der Waals surface area contributed by atoms with Crippen molar-refractivity contribution in [2.45, 2.75) is 84.7 Å². The smallest absolute Gasteiger partial charge is 0.302 e. The molecule has 0 unspecified atom stereocenters. The Morgan fingerprint density at radius 2 is 1.92 bits per heavy atom. The zero-order chi connectivity index (χ0) is 17.8. The van der Waals surface area contributed by atoms with E-state index in [4.69, 9.17) is 4.74 Å². The third kappa shape index (κ3) is 2.54. The summed E-state index contributed by atoms with van der Waals surface area (Å²) in [7, 11) is 0. The highest BCUT2D eigenvalue weighted by Crippen LogP contribution is 2.65. The Bertz CT molecular complexity index is 588. The zero-order valence-electron chi connectivity index (χ0n) is 16.0. The zero-order valence-corrected chi connectivity index (χ0v) is 16.0. The second-order valence-electron chi connectivity index (χ2n) is 9.70. The number of rotatable bonds is 1. The standard InChI is InChI=1S/C21H33NO3/c1-13(23)25-15-8-10-20(2)14(12-15)4-5-16-17-6-7-19(22-24)21(17,3)11-9-18(16)20/h14-18,24H,4-12H2,1-3H3/b22-19+/t14-,15+,16+,17-,18+,20-,21-/m0/s1. The molecule has 0 radical (unpaired) electrons. The summed E-state index contributed by atoms with van der Waals surface area (Å²) in [4.78, 5) is 11.3. The van der Waals surface area contributed by atoms with Crippen molar-refractivity contribution in [3.63, 3.8) is 0 Å². The van der Waals surface area contributed by atoms with Crippen LogP contribution in [0.25, 0.3) is 0 Å². The molecule has 0 aromatic carbocycles. The van der Waals surface area contributed by atoms with Crippen LogP contribution < -0.4 is 0 Å². The van der Waals surface area contributed by atoms with Gasteiger partial charge in [0.05, 0.1) is 5.71 Å². The molecule has 4 rings (SSSR count). The number of esters is 1. The van der Waals surface area contributed by atoms with Crippen LogP contribution in [0.2, 0.25) is 0 Å². The molecule has 1 N–H and O–H groups in total. The van der Waals surface area contributed by atoms with Gasteiger partial charge in [0.25, 0.3) is 0 Å². The Morgan fingerprint density at radius 3 is 2.64 bits per heavy atom. The van der Waals surface area contributed by atoms with Gasteiger partial charge in [-0.3, -0.25) is 4.79 Å². The molecule has 0 amide bonds. The third-order valence-corrected chi connectivity index (χ3v) is 8.81. The van der Waals surface area contributed by atoms with E-state index in [0.717, 1.165) is 36.8 Å². The Morgan fingerprint density at radius 1 is 1.12 bits per heavy atom. The van der Waals surface area contributed by atoms with Crippen molar-refractivity contribution in [2.24, 2.45) is 39.7 Å². The van der Waals surface area contributed by atoms with Gasteiger partial charge in [0.1, 0.15) is 6.10 Å². The summed E-state index contributed by atoms with van der Waals surface area (Å²) in [5.74, 6) is 2.84. The Balaban J connectivity index is 1.55. The van der Waals surface area contributed by atoms with Gasteiger partial charge in [-0.1, -0.05) is 19.0 Å². The Labute approximate surface area is 151 Å². The van der Waals surface area contributed by atoms with Crippen molar-refractivity contribution in [1.82, 2.24) is 0 Å². The second-order valence-corrected chi connectivity index (χ2v) is 9.70. The first-order chi connectivity index (χ1) is 11.9. The van der Waals surface area contributed by atoms with E-state index in [2.05, 4.69) is 19.0 Å². The number of hydrogen-bond donors (Lipinski definition) is 1. The molecule has 0 aromatic rings. The predicted octanol–water partition coefficient (Wildman–Crippen LogP) is 4.79. The molecule has 0 saturated heterocycles. The number of fused-ring (bicyclic) bond motifs is 5. The number of carbonyl (C=O) groups excluding carboxylic acids is 1. The summed E-state index contributed by atoms with van der Waals surface area (Å²) in [6.45, 7) is 6.41. The van der Waals surface area contributed by atoms with Crippen LogP contribution in [-0.2, 0) is 9.53 Å². The molecule has 4 heteroatoms. The highest BCUT2D eigenvalue weighted by Gasteiger charge is 2.59. The molecule has 140 valence electrons. The number of nitrogens with zero attached hydrogens (tertiary/aromatic N) is 1. The first-order valence-corrected chi connectivity index (χ1v) is 10.3. The lowest BCUT2D eigenvalue weighted by atomic mass is 9.45. The van der Waals surface area contributed by atoms with Crippen LogP contribution in [-0.4, -0.2) is 23.0 Å². The quantitative estimate of drug-likeness (QED) is 0.421. The lowest BCUT2D eigenvalue weighted by molar-refractivity contribution is -0.158.